The number of aromatic nitrogens is 3. The maximum atomic E-state index is 13.6. The first-order valence-electron chi connectivity index (χ1n) is 13.2. The molecule has 206 valence electrons. The quantitative estimate of drug-likeness (QED) is 0.256. The van der Waals surface area contributed by atoms with Crippen molar-refractivity contribution in [1.82, 2.24) is 24.0 Å². The third-order valence-corrected chi connectivity index (χ3v) is 7.43. The van der Waals surface area contributed by atoms with Crippen molar-refractivity contribution < 1.29 is 9.18 Å². The fourth-order valence-corrected chi connectivity index (χ4v) is 4.91. The molecular formula is C30H35ClFN5O2. The third kappa shape index (κ3) is 6.75. The van der Waals surface area contributed by atoms with Crippen molar-refractivity contribution in [3.63, 3.8) is 0 Å². The molecule has 2 heterocycles. The second-order valence-electron chi connectivity index (χ2n) is 10.3. The molecule has 1 atom stereocenters. The Labute approximate surface area is 233 Å². The molecule has 0 spiro atoms. The lowest BCUT2D eigenvalue weighted by Crippen LogP contribution is -2.35. The van der Waals surface area contributed by atoms with Crippen LogP contribution in [0, 0.1) is 12.7 Å². The minimum absolute atomic E-state index is 0.0601. The van der Waals surface area contributed by atoms with Gasteiger partial charge in [-0.05, 0) is 82.2 Å². The van der Waals surface area contributed by atoms with Crippen LogP contribution in [0.4, 0.5) is 4.39 Å². The molecule has 0 saturated heterocycles. The van der Waals surface area contributed by atoms with Crippen molar-refractivity contribution in [2.75, 3.05) is 33.7 Å². The summed E-state index contributed by atoms with van der Waals surface area (Å²) in [6, 6.07) is 17.4. The highest BCUT2D eigenvalue weighted by molar-refractivity contribution is 6.34. The Morgan fingerprint density at radius 1 is 1.05 bits per heavy atom. The van der Waals surface area contributed by atoms with Gasteiger partial charge >= 0.3 is 5.69 Å². The fourth-order valence-electron chi connectivity index (χ4n) is 4.74. The number of hydrogen-bond donors (Lipinski definition) is 0. The molecule has 2 aromatic heterocycles. The van der Waals surface area contributed by atoms with Crippen LogP contribution < -0.4 is 5.69 Å². The van der Waals surface area contributed by atoms with Crippen LogP contribution in [-0.2, 0) is 6.54 Å². The Hall–Kier alpha value is -3.49. The van der Waals surface area contributed by atoms with E-state index in [2.05, 4.69) is 16.9 Å². The standard InChI is InChI=1S/C30H35ClFN5O2/c1-21(15-18-35(17-8-16-34(3)4)29(38)24-11-13-25(32)14-12-24)26-19-27-28(31)22(2)33-37(27)30(39)36(26)20-23-9-6-5-7-10-23/h5-7,9-14,19,21H,8,15-18,20H2,1-4H3. The van der Waals surface area contributed by atoms with Gasteiger partial charge < -0.3 is 9.80 Å². The lowest BCUT2D eigenvalue weighted by molar-refractivity contribution is 0.0745. The molecule has 0 radical (unpaired) electrons. The average molecular weight is 552 g/mol. The summed E-state index contributed by atoms with van der Waals surface area (Å²) < 4.78 is 16.6. The average Bonchev–Trinajstić information content (AvgIpc) is 3.21. The summed E-state index contributed by atoms with van der Waals surface area (Å²) in [4.78, 5) is 30.9. The van der Waals surface area contributed by atoms with Crippen molar-refractivity contribution in [2.24, 2.45) is 0 Å². The van der Waals surface area contributed by atoms with Gasteiger partial charge in [0.2, 0.25) is 0 Å². The van der Waals surface area contributed by atoms with Crippen LogP contribution in [0.15, 0.2) is 65.5 Å². The van der Waals surface area contributed by atoms with Gasteiger partial charge in [0.05, 0.1) is 22.8 Å². The number of nitrogens with zero attached hydrogens (tertiary/aromatic N) is 5. The smallest absolute Gasteiger partial charge is 0.339 e. The molecule has 9 heteroatoms. The predicted molar refractivity (Wildman–Crippen MR) is 153 cm³/mol. The number of halogens is 2. The first kappa shape index (κ1) is 28.5. The van der Waals surface area contributed by atoms with Gasteiger partial charge in [-0.1, -0.05) is 48.9 Å². The molecule has 1 amide bonds. The molecular weight excluding hydrogens is 517 g/mol. The van der Waals surface area contributed by atoms with Gasteiger partial charge in [0.15, 0.2) is 0 Å². The van der Waals surface area contributed by atoms with E-state index in [9.17, 15) is 14.0 Å². The summed E-state index contributed by atoms with van der Waals surface area (Å²) in [5, 5.41) is 4.83. The van der Waals surface area contributed by atoms with Crippen LogP contribution >= 0.6 is 11.6 Å². The van der Waals surface area contributed by atoms with Crippen molar-refractivity contribution in [2.45, 2.75) is 39.2 Å². The highest BCUT2D eigenvalue weighted by Gasteiger charge is 2.22. The third-order valence-electron chi connectivity index (χ3n) is 6.96. The minimum Gasteiger partial charge on any atom is -0.339 e. The molecule has 0 saturated carbocycles. The van der Waals surface area contributed by atoms with E-state index in [1.54, 1.807) is 11.5 Å². The zero-order chi connectivity index (χ0) is 28.1. The Morgan fingerprint density at radius 2 is 1.74 bits per heavy atom. The Kier molecular flexibility index (Phi) is 9.20. The number of benzene rings is 2. The monoisotopic (exact) mass is 551 g/mol. The lowest BCUT2D eigenvalue weighted by Gasteiger charge is -2.26. The van der Waals surface area contributed by atoms with Crippen LogP contribution in [0.1, 0.15) is 53.0 Å². The Bertz CT molecular complexity index is 1480. The number of amides is 1. The number of fused-ring (bicyclic) bond motifs is 1. The number of rotatable bonds is 11. The molecule has 0 N–H and O–H groups in total. The van der Waals surface area contributed by atoms with Gasteiger partial charge in [-0.15, -0.1) is 0 Å². The maximum Gasteiger partial charge on any atom is 0.349 e. The van der Waals surface area contributed by atoms with Gasteiger partial charge in [0.25, 0.3) is 5.91 Å². The van der Waals surface area contributed by atoms with E-state index in [0.29, 0.717) is 47.9 Å². The molecule has 39 heavy (non-hydrogen) atoms. The first-order valence-corrected chi connectivity index (χ1v) is 13.6. The fraction of sp³-hybridized carbons (Fsp3) is 0.367. The summed E-state index contributed by atoms with van der Waals surface area (Å²) in [7, 11) is 4.00. The molecule has 0 aliphatic heterocycles. The predicted octanol–water partition coefficient (Wildman–Crippen LogP) is 5.23. The summed E-state index contributed by atoms with van der Waals surface area (Å²) in [5.74, 6) is -0.567. The van der Waals surface area contributed by atoms with Gasteiger partial charge in [-0.2, -0.15) is 9.61 Å². The molecule has 1 unspecified atom stereocenters. The van der Waals surface area contributed by atoms with Gasteiger partial charge in [0, 0.05) is 24.3 Å². The largest absolute Gasteiger partial charge is 0.349 e. The van der Waals surface area contributed by atoms with Gasteiger partial charge in [0.1, 0.15) is 5.82 Å². The summed E-state index contributed by atoms with van der Waals surface area (Å²) in [6.45, 7) is 6.14. The van der Waals surface area contributed by atoms with Gasteiger partial charge in [-0.25, -0.2) is 9.18 Å². The van der Waals surface area contributed by atoms with E-state index in [1.165, 1.54) is 28.8 Å². The Balaban J connectivity index is 1.63. The zero-order valence-corrected chi connectivity index (χ0v) is 23.7. The molecule has 0 aliphatic rings. The molecule has 2 aromatic carbocycles. The summed E-state index contributed by atoms with van der Waals surface area (Å²) in [5.41, 5.74) is 3.22. The molecule has 0 aliphatic carbocycles. The highest BCUT2D eigenvalue weighted by atomic mass is 35.5. The Morgan fingerprint density at radius 3 is 2.41 bits per heavy atom. The van der Waals surface area contributed by atoms with Crippen molar-refractivity contribution >= 4 is 23.0 Å². The maximum absolute atomic E-state index is 13.6. The SMILES string of the molecule is Cc1nn2c(=O)n(Cc3ccccc3)c(C(C)CCN(CCCN(C)C)C(=O)c3ccc(F)cc3)cc2c1Cl. The first-order chi connectivity index (χ1) is 18.7. The van der Waals surface area contributed by atoms with Crippen LogP contribution in [0.2, 0.25) is 5.02 Å². The van der Waals surface area contributed by atoms with E-state index in [1.807, 2.05) is 55.4 Å². The second-order valence-corrected chi connectivity index (χ2v) is 10.6. The van der Waals surface area contributed by atoms with E-state index in [-0.39, 0.29) is 23.3 Å². The molecule has 7 nitrogen and oxygen atoms in total. The minimum atomic E-state index is -0.375. The van der Waals surface area contributed by atoms with Crippen molar-refractivity contribution in [3.8, 4) is 0 Å². The van der Waals surface area contributed by atoms with Crippen molar-refractivity contribution in [3.05, 3.63) is 105 Å². The normalized spacial score (nSPS) is 12.3. The molecule has 4 rings (SSSR count). The zero-order valence-electron chi connectivity index (χ0n) is 22.9. The topological polar surface area (TPSA) is 62.9 Å². The van der Waals surface area contributed by atoms with E-state index < -0.39 is 0 Å². The van der Waals surface area contributed by atoms with Crippen LogP contribution in [0.25, 0.3) is 5.52 Å². The number of hydrogen-bond acceptors (Lipinski definition) is 4. The molecule has 0 fully saturated rings. The van der Waals surface area contributed by atoms with Gasteiger partial charge in [-0.3, -0.25) is 9.36 Å². The van der Waals surface area contributed by atoms with E-state index in [0.717, 1.165) is 24.2 Å². The van der Waals surface area contributed by atoms with Crippen LogP contribution in [0.3, 0.4) is 0 Å². The summed E-state index contributed by atoms with van der Waals surface area (Å²) >= 11 is 6.52. The molecule has 0 bridgehead atoms. The number of carbonyl (C=O) groups excluding carboxylic acids is 1. The lowest BCUT2D eigenvalue weighted by atomic mass is 10.0. The second kappa shape index (κ2) is 12.6. The van der Waals surface area contributed by atoms with Crippen molar-refractivity contribution in [1.29, 1.82) is 0 Å². The number of carbonyl (C=O) groups is 1. The van der Waals surface area contributed by atoms with Crippen LogP contribution in [-0.4, -0.2) is 63.6 Å². The van der Waals surface area contributed by atoms with E-state index >= 15 is 0 Å². The molecule has 4 aromatic rings. The van der Waals surface area contributed by atoms with E-state index in [4.69, 9.17) is 11.6 Å². The van der Waals surface area contributed by atoms with Crippen LogP contribution in [0.5, 0.6) is 0 Å². The number of aryl methyl sites for hydroxylation is 1. The summed E-state index contributed by atoms with van der Waals surface area (Å²) in [6.07, 6.45) is 1.44. The highest BCUT2D eigenvalue weighted by Crippen LogP contribution is 2.26.